The second-order valence-electron chi connectivity index (χ2n) is 7.25. The highest BCUT2D eigenvalue weighted by Gasteiger charge is 2.35. The quantitative estimate of drug-likeness (QED) is 0.856. The van der Waals surface area contributed by atoms with Gasteiger partial charge < -0.3 is 14.2 Å². The van der Waals surface area contributed by atoms with Crippen LogP contribution >= 0.6 is 0 Å². The summed E-state index contributed by atoms with van der Waals surface area (Å²) in [6, 6.07) is 0.625. The van der Waals surface area contributed by atoms with E-state index in [-0.39, 0.29) is 12.0 Å². The molecule has 0 spiro atoms. The van der Waals surface area contributed by atoms with Gasteiger partial charge in [0.1, 0.15) is 12.2 Å². The van der Waals surface area contributed by atoms with Crippen molar-refractivity contribution in [2.45, 2.75) is 63.5 Å². The van der Waals surface area contributed by atoms with Gasteiger partial charge in [-0.05, 0) is 45.4 Å². The van der Waals surface area contributed by atoms with Gasteiger partial charge in [-0.3, -0.25) is 4.79 Å². The Hall–Kier alpha value is -1.43. The minimum atomic E-state index is 0.0513. The molecule has 1 amide bonds. The Morgan fingerprint density at radius 3 is 2.70 bits per heavy atom. The zero-order chi connectivity index (χ0) is 15.8. The maximum atomic E-state index is 12.8. The molecule has 6 heteroatoms. The zero-order valence-electron chi connectivity index (χ0n) is 13.9. The van der Waals surface area contributed by atoms with Gasteiger partial charge in [-0.2, -0.15) is 0 Å². The highest BCUT2D eigenvalue weighted by atomic mass is 16.5. The topological polar surface area (TPSA) is 60.2 Å². The summed E-state index contributed by atoms with van der Waals surface area (Å²) in [7, 11) is 0. The van der Waals surface area contributed by atoms with Crippen LogP contribution < -0.4 is 0 Å². The summed E-state index contributed by atoms with van der Waals surface area (Å²) < 4.78 is 7.93. The number of likely N-dealkylation sites (tertiary alicyclic amines) is 1. The minimum absolute atomic E-state index is 0.0513. The largest absolute Gasteiger partial charge is 0.378 e. The molecule has 0 aromatic carbocycles. The lowest BCUT2D eigenvalue weighted by atomic mass is 9.91. The van der Waals surface area contributed by atoms with Crippen molar-refractivity contribution in [3.8, 4) is 0 Å². The monoisotopic (exact) mass is 318 g/mol. The molecular weight excluding hydrogens is 292 g/mol. The predicted octanol–water partition coefficient (Wildman–Crippen LogP) is 2.13. The number of rotatable bonds is 3. The first kappa shape index (κ1) is 15.1. The molecule has 0 bridgehead atoms. The number of amides is 1. The van der Waals surface area contributed by atoms with Crippen LogP contribution in [0.25, 0.3) is 0 Å². The second kappa shape index (κ2) is 6.23. The Bertz CT molecular complexity index is 561. The molecule has 4 rings (SSSR count). The van der Waals surface area contributed by atoms with Gasteiger partial charge in [0.05, 0.1) is 12.0 Å². The van der Waals surface area contributed by atoms with Crippen molar-refractivity contribution in [3.05, 3.63) is 12.2 Å². The average Bonchev–Trinajstić information content (AvgIpc) is 3.32. The second-order valence-corrected chi connectivity index (χ2v) is 7.25. The number of hydrogen-bond acceptors (Lipinski definition) is 4. The van der Waals surface area contributed by atoms with E-state index < -0.39 is 0 Å². The SMILES string of the molecule is C[C@@H]1OCCC[C@@H]1C(=O)N1CCC(c2nncn2C2CC2)CC1. The van der Waals surface area contributed by atoms with Crippen molar-refractivity contribution in [2.24, 2.45) is 5.92 Å². The van der Waals surface area contributed by atoms with Crippen LogP contribution in [0.3, 0.4) is 0 Å². The molecule has 0 radical (unpaired) electrons. The Labute approximate surface area is 137 Å². The van der Waals surface area contributed by atoms with Crippen LogP contribution in [0.1, 0.15) is 63.2 Å². The highest BCUT2D eigenvalue weighted by Crippen LogP contribution is 2.38. The Morgan fingerprint density at radius 1 is 1.22 bits per heavy atom. The van der Waals surface area contributed by atoms with E-state index >= 15 is 0 Å². The third-order valence-corrected chi connectivity index (χ3v) is 5.64. The summed E-state index contributed by atoms with van der Waals surface area (Å²) >= 11 is 0. The van der Waals surface area contributed by atoms with Gasteiger partial charge in [-0.25, -0.2) is 0 Å². The van der Waals surface area contributed by atoms with Crippen LogP contribution in [0.15, 0.2) is 6.33 Å². The lowest BCUT2D eigenvalue weighted by molar-refractivity contribution is -0.145. The van der Waals surface area contributed by atoms with E-state index in [2.05, 4.69) is 14.8 Å². The molecule has 2 atom stereocenters. The van der Waals surface area contributed by atoms with Gasteiger partial charge in [0, 0.05) is 31.7 Å². The third kappa shape index (κ3) is 3.01. The minimum Gasteiger partial charge on any atom is -0.378 e. The maximum absolute atomic E-state index is 12.8. The lowest BCUT2D eigenvalue weighted by Gasteiger charge is -2.37. The molecule has 1 aromatic rings. The predicted molar refractivity (Wildman–Crippen MR) is 85.0 cm³/mol. The van der Waals surface area contributed by atoms with Crippen LogP contribution in [-0.4, -0.2) is 51.4 Å². The molecule has 3 aliphatic rings. The molecule has 126 valence electrons. The molecule has 3 heterocycles. The van der Waals surface area contributed by atoms with E-state index in [1.54, 1.807) is 0 Å². The van der Waals surface area contributed by atoms with Crippen LogP contribution in [0.2, 0.25) is 0 Å². The standard InChI is InChI=1S/C17H26N4O2/c1-12-15(3-2-10-23-12)17(22)20-8-6-13(7-9-20)16-19-18-11-21(16)14-4-5-14/h11-15H,2-10H2,1H3/t12-,15-/m0/s1. The van der Waals surface area contributed by atoms with Crippen molar-refractivity contribution in [2.75, 3.05) is 19.7 Å². The fourth-order valence-electron chi connectivity index (χ4n) is 4.02. The number of carbonyl (C=O) groups is 1. The van der Waals surface area contributed by atoms with Crippen LogP contribution in [0.4, 0.5) is 0 Å². The van der Waals surface area contributed by atoms with Gasteiger partial charge in [0.15, 0.2) is 0 Å². The molecule has 23 heavy (non-hydrogen) atoms. The van der Waals surface area contributed by atoms with E-state index in [0.717, 1.165) is 51.2 Å². The summed E-state index contributed by atoms with van der Waals surface area (Å²) in [6.07, 6.45) is 8.41. The van der Waals surface area contributed by atoms with Crippen molar-refractivity contribution >= 4 is 5.91 Å². The number of ether oxygens (including phenoxy) is 1. The summed E-state index contributed by atoms with van der Waals surface area (Å²) in [4.78, 5) is 14.8. The fourth-order valence-corrected chi connectivity index (χ4v) is 4.02. The number of hydrogen-bond donors (Lipinski definition) is 0. The third-order valence-electron chi connectivity index (χ3n) is 5.64. The molecule has 0 N–H and O–H groups in total. The molecule has 1 saturated carbocycles. The van der Waals surface area contributed by atoms with Gasteiger partial charge in [-0.15, -0.1) is 10.2 Å². The number of aromatic nitrogens is 3. The number of piperidine rings is 1. The molecule has 0 unspecified atom stereocenters. The van der Waals surface area contributed by atoms with Gasteiger partial charge >= 0.3 is 0 Å². The zero-order valence-corrected chi connectivity index (χ0v) is 13.9. The number of nitrogens with zero attached hydrogens (tertiary/aromatic N) is 4. The summed E-state index contributed by atoms with van der Waals surface area (Å²) in [5.41, 5.74) is 0. The van der Waals surface area contributed by atoms with Crippen LogP contribution in [0, 0.1) is 5.92 Å². The fraction of sp³-hybridized carbons (Fsp3) is 0.824. The number of carbonyl (C=O) groups excluding carboxylic acids is 1. The smallest absolute Gasteiger partial charge is 0.228 e. The van der Waals surface area contributed by atoms with E-state index in [4.69, 9.17) is 4.74 Å². The van der Waals surface area contributed by atoms with Crippen LogP contribution in [-0.2, 0) is 9.53 Å². The molecule has 1 aromatic heterocycles. The first-order valence-electron chi connectivity index (χ1n) is 9.04. The Balaban J connectivity index is 1.37. The highest BCUT2D eigenvalue weighted by molar-refractivity contribution is 5.79. The summed E-state index contributed by atoms with van der Waals surface area (Å²) in [5.74, 6) is 1.92. The van der Waals surface area contributed by atoms with Crippen molar-refractivity contribution in [1.82, 2.24) is 19.7 Å². The van der Waals surface area contributed by atoms with E-state index in [0.29, 0.717) is 17.9 Å². The van der Waals surface area contributed by atoms with Gasteiger partial charge in [0.2, 0.25) is 5.91 Å². The van der Waals surface area contributed by atoms with Crippen LogP contribution in [0.5, 0.6) is 0 Å². The van der Waals surface area contributed by atoms with E-state index in [1.807, 2.05) is 18.2 Å². The summed E-state index contributed by atoms with van der Waals surface area (Å²) in [6.45, 7) is 4.50. The molecule has 2 saturated heterocycles. The molecular formula is C17H26N4O2. The molecule has 2 aliphatic heterocycles. The van der Waals surface area contributed by atoms with Gasteiger partial charge in [0.25, 0.3) is 0 Å². The molecule has 6 nitrogen and oxygen atoms in total. The first-order chi connectivity index (χ1) is 11.2. The lowest BCUT2D eigenvalue weighted by Crippen LogP contribution is -2.46. The molecule has 1 aliphatic carbocycles. The molecule has 3 fully saturated rings. The first-order valence-corrected chi connectivity index (χ1v) is 9.04. The Kier molecular flexibility index (Phi) is 4.09. The van der Waals surface area contributed by atoms with Crippen molar-refractivity contribution < 1.29 is 9.53 Å². The van der Waals surface area contributed by atoms with E-state index in [9.17, 15) is 4.79 Å². The average molecular weight is 318 g/mol. The maximum Gasteiger partial charge on any atom is 0.228 e. The normalized spacial score (nSPS) is 29.7. The van der Waals surface area contributed by atoms with Gasteiger partial charge in [-0.1, -0.05) is 0 Å². The Morgan fingerprint density at radius 2 is 2.00 bits per heavy atom. The summed E-state index contributed by atoms with van der Waals surface area (Å²) in [5, 5.41) is 8.47. The van der Waals surface area contributed by atoms with Crippen molar-refractivity contribution in [1.29, 1.82) is 0 Å². The van der Waals surface area contributed by atoms with E-state index in [1.165, 1.54) is 12.8 Å². The van der Waals surface area contributed by atoms with Crippen molar-refractivity contribution in [3.63, 3.8) is 0 Å².